The lowest BCUT2D eigenvalue weighted by Crippen LogP contribution is -2.50. The van der Waals surface area contributed by atoms with Gasteiger partial charge in [0.15, 0.2) is 12.1 Å². The summed E-state index contributed by atoms with van der Waals surface area (Å²) in [5.41, 5.74) is 4.53. The molecule has 0 radical (unpaired) electrons. The Morgan fingerprint density at radius 1 is 0.884 bits per heavy atom. The molecule has 43 heavy (non-hydrogen) atoms. The molecule has 3 aliphatic heterocycles. The van der Waals surface area contributed by atoms with Gasteiger partial charge < -0.3 is 39.6 Å². The number of likely N-dealkylation sites (tertiary alicyclic amines) is 1. The van der Waals surface area contributed by atoms with Crippen molar-refractivity contribution in [1.29, 1.82) is 0 Å². The first-order chi connectivity index (χ1) is 21.0. The van der Waals surface area contributed by atoms with E-state index in [2.05, 4.69) is 22.5 Å². The number of anilines is 1. The molecule has 6 rings (SSSR count). The van der Waals surface area contributed by atoms with Gasteiger partial charge in [0.2, 0.25) is 0 Å². The van der Waals surface area contributed by atoms with Gasteiger partial charge in [-0.1, -0.05) is 73.7 Å². The Bertz CT molecular complexity index is 1320. The molecule has 3 aromatic carbocycles. The number of nitrogens with zero attached hydrogens (tertiary/aromatic N) is 1. The van der Waals surface area contributed by atoms with E-state index in [9.17, 15) is 9.90 Å². The van der Waals surface area contributed by atoms with Gasteiger partial charge in [-0.15, -0.1) is 0 Å². The number of ether oxygens (including phenoxy) is 4. The molecule has 9 nitrogen and oxygen atoms in total. The molecule has 0 unspecified atom stereocenters. The topological polar surface area (TPSA) is 102 Å². The number of hydrogen-bond donors (Lipinski definition) is 3. The van der Waals surface area contributed by atoms with Gasteiger partial charge in [-0.25, -0.2) is 4.79 Å². The van der Waals surface area contributed by atoms with Crippen LogP contribution >= 0.6 is 0 Å². The summed E-state index contributed by atoms with van der Waals surface area (Å²) in [6, 6.07) is 25.1. The zero-order valence-corrected chi connectivity index (χ0v) is 24.6. The Hall–Kier alpha value is -3.31. The first-order valence-electron chi connectivity index (χ1n) is 15.2. The molecule has 1 spiro atoms. The van der Waals surface area contributed by atoms with Crippen LogP contribution < -0.4 is 10.6 Å². The van der Waals surface area contributed by atoms with Crippen LogP contribution in [0.5, 0.6) is 0 Å². The normalized spacial score (nSPS) is 25.4. The van der Waals surface area contributed by atoms with Crippen molar-refractivity contribution in [1.82, 2.24) is 10.2 Å². The maximum Gasteiger partial charge on any atom is 0.319 e. The number of urea groups is 1. The molecule has 3 fully saturated rings. The van der Waals surface area contributed by atoms with E-state index in [0.717, 1.165) is 54.7 Å². The molecule has 3 heterocycles. The van der Waals surface area contributed by atoms with Crippen LogP contribution in [0.25, 0.3) is 0 Å². The third kappa shape index (κ3) is 7.26. The molecule has 0 saturated carbocycles. The molecule has 3 aromatic rings. The number of amides is 2. The summed E-state index contributed by atoms with van der Waals surface area (Å²) in [4.78, 5) is 14.9. The molecule has 4 atom stereocenters. The van der Waals surface area contributed by atoms with Gasteiger partial charge >= 0.3 is 6.03 Å². The number of carbonyl (C=O) groups excluding carboxylic acids is 1. The number of aliphatic hydroxyl groups is 1. The summed E-state index contributed by atoms with van der Waals surface area (Å²) in [5, 5.41) is 15.3. The van der Waals surface area contributed by atoms with Crippen LogP contribution in [0.15, 0.2) is 78.9 Å². The van der Waals surface area contributed by atoms with Crippen molar-refractivity contribution in [2.45, 2.75) is 57.2 Å². The number of rotatable bonds is 8. The van der Waals surface area contributed by atoms with Crippen LogP contribution in [-0.2, 0) is 32.1 Å². The first-order valence-corrected chi connectivity index (χ1v) is 15.2. The van der Waals surface area contributed by atoms with Crippen LogP contribution in [0.1, 0.15) is 54.4 Å². The summed E-state index contributed by atoms with van der Waals surface area (Å²) in [5.74, 6) is -0.313. The van der Waals surface area contributed by atoms with Crippen molar-refractivity contribution < 1.29 is 28.8 Å². The van der Waals surface area contributed by atoms with Crippen LogP contribution in [0.2, 0.25) is 0 Å². The van der Waals surface area contributed by atoms with E-state index in [1.807, 2.05) is 78.9 Å². The minimum atomic E-state index is -0.567. The molecule has 3 saturated heterocycles. The molecule has 9 heteroatoms. The minimum absolute atomic E-state index is 0.00423. The minimum Gasteiger partial charge on any atom is -0.392 e. The van der Waals surface area contributed by atoms with E-state index in [1.165, 1.54) is 0 Å². The molecule has 228 valence electrons. The van der Waals surface area contributed by atoms with E-state index in [4.69, 9.17) is 18.9 Å². The van der Waals surface area contributed by atoms with Gasteiger partial charge in [0.05, 0.1) is 32.0 Å². The summed E-state index contributed by atoms with van der Waals surface area (Å²) in [7, 11) is 0. The molecule has 0 aliphatic carbocycles. The van der Waals surface area contributed by atoms with Crippen molar-refractivity contribution >= 4 is 11.7 Å². The van der Waals surface area contributed by atoms with E-state index < -0.39 is 12.1 Å². The summed E-state index contributed by atoms with van der Waals surface area (Å²) in [6.45, 7) is 6.54. The number of benzene rings is 3. The molecule has 0 aromatic heterocycles. The second kappa shape index (κ2) is 13.5. The predicted molar refractivity (Wildman–Crippen MR) is 162 cm³/mol. The summed E-state index contributed by atoms with van der Waals surface area (Å²) in [6.07, 6.45) is 0.890. The highest BCUT2D eigenvalue weighted by Gasteiger charge is 2.43. The average Bonchev–Trinajstić information content (AvgIpc) is 3.51. The van der Waals surface area contributed by atoms with E-state index in [0.29, 0.717) is 25.4 Å². The fourth-order valence-electron chi connectivity index (χ4n) is 6.12. The highest BCUT2D eigenvalue weighted by molar-refractivity contribution is 5.89. The third-order valence-corrected chi connectivity index (χ3v) is 8.73. The Morgan fingerprint density at radius 3 is 2.23 bits per heavy atom. The van der Waals surface area contributed by atoms with Crippen LogP contribution in [0.4, 0.5) is 10.5 Å². The third-order valence-electron chi connectivity index (χ3n) is 8.73. The fraction of sp³-hybridized carbons (Fsp3) is 0.441. The van der Waals surface area contributed by atoms with Gasteiger partial charge in [-0.05, 0) is 28.8 Å². The second-order valence-corrected chi connectivity index (χ2v) is 11.6. The van der Waals surface area contributed by atoms with Crippen LogP contribution in [0.3, 0.4) is 0 Å². The van der Waals surface area contributed by atoms with E-state index in [1.54, 1.807) is 0 Å². The molecule has 0 bridgehead atoms. The van der Waals surface area contributed by atoms with Gasteiger partial charge in [0.1, 0.15) is 0 Å². The predicted octanol–water partition coefficient (Wildman–Crippen LogP) is 5.13. The molecular formula is C34H41N3O6. The maximum atomic E-state index is 12.5. The number of carbonyl (C=O) groups is 1. The average molecular weight is 588 g/mol. The molecular weight excluding hydrogens is 546 g/mol. The monoisotopic (exact) mass is 587 g/mol. The zero-order chi connectivity index (χ0) is 29.6. The van der Waals surface area contributed by atoms with Crippen molar-refractivity contribution in [3.05, 3.63) is 101 Å². The number of hydrogen-bond acceptors (Lipinski definition) is 7. The lowest BCUT2D eigenvalue weighted by molar-refractivity contribution is -0.278. The van der Waals surface area contributed by atoms with E-state index >= 15 is 0 Å². The lowest BCUT2D eigenvalue weighted by atomic mass is 9.89. The Morgan fingerprint density at radius 2 is 1.56 bits per heavy atom. The standard InChI is InChI=1S/C34H41N3O6/c1-24-30(22-37-17-15-34(16-18-37)40-19-20-41-34)42-32(43-31(24)27-9-7-26(23-38)8-10-27)28-11-13-29(14-12-28)36-33(39)35-21-25-5-3-2-4-6-25/h2-14,24,30-32,38H,15-23H2,1H3,(H2,35,36,39)/t24-,30+,31+,32+/m1/s1. The summed E-state index contributed by atoms with van der Waals surface area (Å²) >= 11 is 0. The van der Waals surface area contributed by atoms with E-state index in [-0.39, 0.29) is 30.8 Å². The quantitative estimate of drug-likeness (QED) is 0.336. The van der Waals surface area contributed by atoms with Crippen molar-refractivity contribution in [3.8, 4) is 0 Å². The smallest absolute Gasteiger partial charge is 0.319 e. The van der Waals surface area contributed by atoms with Crippen LogP contribution in [-0.4, -0.2) is 60.8 Å². The lowest BCUT2D eigenvalue weighted by Gasteiger charge is -2.44. The molecule has 3 N–H and O–H groups in total. The zero-order valence-electron chi connectivity index (χ0n) is 24.6. The number of aliphatic hydroxyl groups excluding tert-OH is 1. The van der Waals surface area contributed by atoms with Crippen LogP contribution in [0, 0.1) is 5.92 Å². The second-order valence-electron chi connectivity index (χ2n) is 11.6. The van der Waals surface area contributed by atoms with Gasteiger partial charge in [-0.3, -0.25) is 0 Å². The summed E-state index contributed by atoms with van der Waals surface area (Å²) < 4.78 is 25.1. The fourth-order valence-corrected chi connectivity index (χ4v) is 6.12. The molecule has 3 aliphatic rings. The maximum absolute atomic E-state index is 12.5. The van der Waals surface area contributed by atoms with Crippen molar-refractivity contribution in [2.24, 2.45) is 5.92 Å². The largest absolute Gasteiger partial charge is 0.392 e. The SMILES string of the molecule is C[C@@H]1[C@H](CN2CCC3(CC2)OCCO3)O[C@H](c2ccc(NC(=O)NCc3ccccc3)cc2)O[C@@H]1c1ccc(CO)cc1. The number of nitrogens with one attached hydrogen (secondary N) is 2. The van der Waals surface area contributed by atoms with Gasteiger partial charge in [0.25, 0.3) is 0 Å². The molecule has 2 amide bonds. The Kier molecular flexibility index (Phi) is 9.37. The van der Waals surface area contributed by atoms with Crippen molar-refractivity contribution in [2.75, 3.05) is 38.2 Å². The van der Waals surface area contributed by atoms with Gasteiger partial charge in [-0.2, -0.15) is 0 Å². The Labute approximate surface area is 253 Å². The van der Waals surface area contributed by atoms with Gasteiger partial charge in [0, 0.05) is 56.2 Å². The Balaban J connectivity index is 1.13. The highest BCUT2D eigenvalue weighted by Crippen LogP contribution is 2.42. The number of piperidine rings is 1. The van der Waals surface area contributed by atoms with Crippen molar-refractivity contribution in [3.63, 3.8) is 0 Å². The first kappa shape index (κ1) is 29.7. The highest BCUT2D eigenvalue weighted by atomic mass is 16.7.